The highest BCUT2D eigenvalue weighted by molar-refractivity contribution is 8.36. The molecule has 86 valence electrons. The number of carboxylic acid groups (broad SMARTS) is 1. The molecule has 3 nitrogen and oxygen atoms in total. The van der Waals surface area contributed by atoms with Crippen molar-refractivity contribution in [2.45, 2.75) is 19.4 Å². The Morgan fingerprint density at radius 3 is 2.69 bits per heavy atom. The average Bonchev–Trinajstić information content (AvgIpc) is 2.26. The van der Waals surface area contributed by atoms with E-state index in [-0.39, 0.29) is 0 Å². The van der Waals surface area contributed by atoms with Gasteiger partial charge in [-0.15, -0.1) is 8.93 Å². The highest BCUT2D eigenvalue weighted by Gasteiger charge is 2.15. The number of benzene rings is 1. The van der Waals surface area contributed by atoms with Gasteiger partial charge in [0.15, 0.2) is 6.04 Å². The summed E-state index contributed by atoms with van der Waals surface area (Å²) in [5.41, 5.74) is 2.20. The summed E-state index contributed by atoms with van der Waals surface area (Å²) in [7, 11) is 3.96. The number of carboxylic acids is 1. The third kappa shape index (κ3) is 4.66. The van der Waals surface area contributed by atoms with Crippen LogP contribution in [0.3, 0.4) is 0 Å². The fourth-order valence-electron chi connectivity index (χ4n) is 1.23. The maximum atomic E-state index is 11.0. The van der Waals surface area contributed by atoms with Crippen LogP contribution in [0.15, 0.2) is 29.0 Å². The quantitative estimate of drug-likeness (QED) is 0.834. The maximum Gasteiger partial charge on any atom is 0.329 e. The van der Waals surface area contributed by atoms with Crippen LogP contribution in [0.5, 0.6) is 0 Å². The lowest BCUT2D eigenvalue weighted by Crippen LogP contribution is -2.19. The van der Waals surface area contributed by atoms with Crippen LogP contribution in [-0.4, -0.2) is 17.1 Å². The molecule has 0 fully saturated rings. The Kier molecular flexibility index (Phi) is 6.06. The zero-order chi connectivity index (χ0) is 12.0. The lowest BCUT2D eigenvalue weighted by Gasteiger charge is -2.07. The maximum absolute atomic E-state index is 11.0. The van der Waals surface area contributed by atoms with E-state index in [1.165, 1.54) is 5.56 Å². The van der Waals surface area contributed by atoms with E-state index in [1.54, 1.807) is 0 Å². The number of nitrogens with zero attached hydrogens (tertiary/aromatic N) is 1. The van der Waals surface area contributed by atoms with Gasteiger partial charge in [0.2, 0.25) is 0 Å². The fourth-order valence-corrected chi connectivity index (χ4v) is 2.83. The molecule has 1 aromatic carbocycles. The summed E-state index contributed by atoms with van der Waals surface area (Å²) in [6.07, 6.45) is 0.470. The molecule has 0 amide bonds. The van der Waals surface area contributed by atoms with Gasteiger partial charge in [-0.3, -0.25) is 0 Å². The van der Waals surface area contributed by atoms with Gasteiger partial charge in [0.05, 0.1) is 0 Å². The van der Waals surface area contributed by atoms with Crippen LogP contribution in [-0.2, 0) is 11.2 Å². The molecule has 1 aromatic rings. The van der Waals surface area contributed by atoms with Gasteiger partial charge in [0, 0.05) is 14.5 Å². The standard InChI is InChI=1S/C10H14NO2P3/c1-7-2-4-8(5-3-7)6-9(10(12)13)11-15-16-14/h2-5,9,16H,6,14H2,1H3,(H,12,13). The fraction of sp³-hybridized carbons (Fsp3) is 0.300. The molecule has 0 saturated heterocycles. The highest BCUT2D eigenvalue weighted by atomic mass is 32.4. The van der Waals surface area contributed by atoms with E-state index in [0.29, 0.717) is 14.4 Å². The van der Waals surface area contributed by atoms with Gasteiger partial charge < -0.3 is 5.11 Å². The summed E-state index contributed by atoms with van der Waals surface area (Å²) >= 11 is 0. The number of carbonyl (C=O) groups is 1. The van der Waals surface area contributed by atoms with Crippen molar-refractivity contribution in [2.24, 2.45) is 4.74 Å². The molecule has 1 N–H and O–H groups in total. The van der Waals surface area contributed by atoms with Gasteiger partial charge in [-0.05, 0) is 20.4 Å². The van der Waals surface area contributed by atoms with Crippen LogP contribution >= 0.6 is 24.9 Å². The van der Waals surface area contributed by atoms with Crippen LogP contribution in [0.1, 0.15) is 11.1 Å². The zero-order valence-electron chi connectivity index (χ0n) is 8.92. The summed E-state index contributed by atoms with van der Waals surface area (Å²) < 4.78 is 4.12. The number of aryl methyl sites for hydroxylation is 1. The Morgan fingerprint density at radius 2 is 2.19 bits per heavy atom. The van der Waals surface area contributed by atoms with Crippen molar-refractivity contribution in [3.8, 4) is 0 Å². The molecule has 3 atom stereocenters. The number of aliphatic carboxylic acids is 1. The molecule has 3 unspecified atom stereocenters. The summed E-state index contributed by atoms with van der Waals surface area (Å²) in [6, 6.07) is 7.27. The van der Waals surface area contributed by atoms with E-state index in [9.17, 15) is 4.79 Å². The number of rotatable bonds is 5. The van der Waals surface area contributed by atoms with Crippen molar-refractivity contribution in [3.63, 3.8) is 0 Å². The first-order valence-electron chi connectivity index (χ1n) is 4.77. The molecule has 0 spiro atoms. The molecular weight excluding hydrogens is 259 g/mol. The summed E-state index contributed by atoms with van der Waals surface area (Å²) in [5, 5.41) is 9.01. The molecule has 0 aliphatic carbocycles. The Bertz CT molecular complexity index is 378. The smallest absolute Gasteiger partial charge is 0.329 e. The van der Waals surface area contributed by atoms with Crippen molar-refractivity contribution in [2.75, 3.05) is 0 Å². The first kappa shape index (κ1) is 13.7. The highest BCUT2D eigenvalue weighted by Crippen LogP contribution is 2.37. The minimum atomic E-state index is -0.851. The minimum absolute atomic E-state index is 0.470. The Labute approximate surface area is 101 Å². The third-order valence-electron chi connectivity index (χ3n) is 2.09. The van der Waals surface area contributed by atoms with E-state index < -0.39 is 12.0 Å². The Balaban J connectivity index is 2.71. The second kappa shape index (κ2) is 7.07. The van der Waals surface area contributed by atoms with Gasteiger partial charge in [-0.25, -0.2) is 9.54 Å². The van der Waals surface area contributed by atoms with E-state index in [4.69, 9.17) is 5.11 Å². The van der Waals surface area contributed by atoms with Gasteiger partial charge in [0.25, 0.3) is 0 Å². The van der Waals surface area contributed by atoms with Crippen molar-refractivity contribution < 1.29 is 9.90 Å². The zero-order valence-corrected chi connectivity index (χ0v) is 12.0. The van der Waals surface area contributed by atoms with E-state index in [2.05, 4.69) is 13.7 Å². The topological polar surface area (TPSA) is 49.7 Å². The third-order valence-corrected chi connectivity index (χ3v) is 4.33. The SMILES string of the molecule is Cc1ccc(CC(N=PPP)C(=O)O)cc1. The summed E-state index contributed by atoms with van der Waals surface area (Å²) in [5.74, 6) is -0.851. The number of hydrogen-bond acceptors (Lipinski definition) is 2. The van der Waals surface area contributed by atoms with E-state index in [0.717, 1.165) is 13.6 Å². The Morgan fingerprint density at radius 1 is 1.56 bits per heavy atom. The van der Waals surface area contributed by atoms with E-state index in [1.807, 2.05) is 31.2 Å². The molecule has 0 bridgehead atoms. The normalized spacial score (nSPS) is 13.6. The van der Waals surface area contributed by atoms with Gasteiger partial charge >= 0.3 is 5.97 Å². The monoisotopic (exact) mass is 273 g/mol. The molecule has 0 aromatic heterocycles. The van der Waals surface area contributed by atoms with Crippen LogP contribution in [0, 0.1) is 6.92 Å². The Hall–Kier alpha value is -0.350. The largest absolute Gasteiger partial charge is 0.480 e. The van der Waals surface area contributed by atoms with Crippen LogP contribution < -0.4 is 0 Å². The predicted octanol–water partition coefficient (Wildman–Crippen LogP) is 3.50. The van der Waals surface area contributed by atoms with Crippen LogP contribution in [0.25, 0.3) is 0 Å². The van der Waals surface area contributed by atoms with Crippen molar-refractivity contribution in [1.82, 2.24) is 0 Å². The van der Waals surface area contributed by atoms with Crippen LogP contribution in [0.4, 0.5) is 0 Å². The van der Waals surface area contributed by atoms with Crippen LogP contribution in [0.2, 0.25) is 0 Å². The summed E-state index contributed by atoms with van der Waals surface area (Å²) in [6.45, 7) is 2.01. The lowest BCUT2D eigenvalue weighted by atomic mass is 10.1. The van der Waals surface area contributed by atoms with Gasteiger partial charge in [-0.2, -0.15) is 0 Å². The molecular formula is C10H14NO2P3. The van der Waals surface area contributed by atoms with Gasteiger partial charge in [-0.1, -0.05) is 29.8 Å². The van der Waals surface area contributed by atoms with Crippen molar-refractivity contribution in [3.05, 3.63) is 35.4 Å². The molecule has 16 heavy (non-hydrogen) atoms. The predicted molar refractivity (Wildman–Crippen MR) is 73.7 cm³/mol. The second-order valence-corrected chi connectivity index (χ2v) is 7.78. The van der Waals surface area contributed by atoms with Crippen molar-refractivity contribution >= 4 is 30.9 Å². The molecule has 0 saturated carbocycles. The molecule has 0 aliphatic rings. The average molecular weight is 273 g/mol. The van der Waals surface area contributed by atoms with E-state index >= 15 is 0 Å². The van der Waals surface area contributed by atoms with Crippen molar-refractivity contribution in [1.29, 1.82) is 0 Å². The molecule has 6 heteroatoms. The number of hydrogen-bond donors (Lipinski definition) is 1. The first-order valence-corrected chi connectivity index (χ1v) is 9.27. The van der Waals surface area contributed by atoms with Gasteiger partial charge in [0.1, 0.15) is 0 Å². The first-order chi connectivity index (χ1) is 7.63. The molecule has 0 aliphatic heterocycles. The second-order valence-electron chi connectivity index (χ2n) is 3.39. The molecule has 0 heterocycles. The minimum Gasteiger partial charge on any atom is -0.480 e. The lowest BCUT2D eigenvalue weighted by molar-refractivity contribution is -0.138. The molecule has 1 rings (SSSR count). The molecule has 0 radical (unpaired) electrons. The summed E-state index contributed by atoms with van der Waals surface area (Å²) in [4.78, 5) is 11.0.